The SMILES string of the molecule is CN[C@@H](C)C(=O)NC(C(=O)N1CCC[C@H]1C(=O)N[C@@H]1CCCc2ccc(OCCOCCOc3ccc4c(c3)[C@H](NC(=O)[C@@H]3CCCC3C(=O)[C@@H](NC(=O)[C@H](C)NC)C3CCCCC3)CCC4)cc21)C1CCCCC1. The summed E-state index contributed by atoms with van der Waals surface area (Å²) < 4.78 is 18.3. The number of fused-ring (bicyclic) bond motifs is 2. The molecule has 0 bridgehead atoms. The van der Waals surface area contributed by atoms with E-state index in [-0.39, 0.29) is 59.2 Å². The molecule has 1 saturated heterocycles. The molecule has 412 valence electrons. The zero-order valence-electron chi connectivity index (χ0n) is 45.3. The molecular formula is C59H87N7O9. The highest BCUT2D eigenvalue weighted by atomic mass is 16.5. The molecule has 1 aliphatic heterocycles. The number of Topliss-reactive ketones (excluding diaryl/α,β-unsaturated/α-hetero) is 1. The maximum absolute atomic E-state index is 14.3. The van der Waals surface area contributed by atoms with Gasteiger partial charge in [0.05, 0.1) is 43.4 Å². The number of hydrogen-bond donors (Lipinski definition) is 6. The number of ketones is 1. The maximum Gasteiger partial charge on any atom is 0.246 e. The van der Waals surface area contributed by atoms with Gasteiger partial charge in [0.1, 0.15) is 36.8 Å². The van der Waals surface area contributed by atoms with Gasteiger partial charge in [0.25, 0.3) is 0 Å². The Morgan fingerprint density at radius 2 is 1.05 bits per heavy atom. The minimum Gasteiger partial charge on any atom is -0.491 e. The summed E-state index contributed by atoms with van der Waals surface area (Å²) in [7, 11) is 3.47. The number of amides is 5. The van der Waals surface area contributed by atoms with Crippen molar-refractivity contribution in [1.29, 1.82) is 0 Å². The summed E-state index contributed by atoms with van der Waals surface area (Å²) in [5.41, 5.74) is 4.46. The molecular weight excluding hydrogens is 951 g/mol. The van der Waals surface area contributed by atoms with Crippen LogP contribution in [0.25, 0.3) is 0 Å². The molecule has 0 spiro atoms. The van der Waals surface area contributed by atoms with E-state index in [1.807, 2.05) is 24.3 Å². The molecule has 6 aliphatic rings. The lowest BCUT2D eigenvalue weighted by atomic mass is 9.77. The maximum atomic E-state index is 14.3. The second-order valence-corrected chi connectivity index (χ2v) is 22.5. The van der Waals surface area contributed by atoms with E-state index < -0.39 is 42.0 Å². The Morgan fingerprint density at radius 1 is 0.547 bits per heavy atom. The van der Waals surface area contributed by atoms with Crippen LogP contribution in [-0.2, 0) is 46.3 Å². The zero-order chi connectivity index (χ0) is 52.8. The Labute approximate surface area is 445 Å². The van der Waals surface area contributed by atoms with Gasteiger partial charge in [-0.2, -0.15) is 0 Å². The predicted molar refractivity (Wildman–Crippen MR) is 287 cm³/mol. The summed E-state index contributed by atoms with van der Waals surface area (Å²) in [5.74, 6) is 0.00954. The highest BCUT2D eigenvalue weighted by molar-refractivity contribution is 5.96. The van der Waals surface area contributed by atoms with E-state index in [1.165, 1.54) is 11.1 Å². The molecule has 9 atom stereocenters. The van der Waals surface area contributed by atoms with Crippen LogP contribution >= 0.6 is 0 Å². The van der Waals surface area contributed by atoms with Gasteiger partial charge in [0.15, 0.2) is 5.78 Å². The fraction of sp³-hybridized carbons (Fsp3) is 0.695. The first kappa shape index (κ1) is 56.2. The van der Waals surface area contributed by atoms with Crippen LogP contribution in [-0.4, -0.2) is 117 Å². The van der Waals surface area contributed by atoms with Crippen LogP contribution in [0.3, 0.4) is 0 Å². The number of rotatable bonds is 23. The predicted octanol–water partition coefficient (Wildman–Crippen LogP) is 6.47. The zero-order valence-corrected chi connectivity index (χ0v) is 45.3. The van der Waals surface area contributed by atoms with E-state index >= 15 is 0 Å². The highest BCUT2D eigenvalue weighted by Gasteiger charge is 2.45. The number of nitrogens with zero attached hydrogens (tertiary/aromatic N) is 1. The first-order valence-corrected chi connectivity index (χ1v) is 28.9. The van der Waals surface area contributed by atoms with E-state index in [0.717, 1.165) is 127 Å². The summed E-state index contributed by atoms with van der Waals surface area (Å²) in [5, 5.41) is 18.8. The quantitative estimate of drug-likeness (QED) is 0.0666. The monoisotopic (exact) mass is 1040 g/mol. The first-order valence-electron chi connectivity index (χ1n) is 28.9. The number of likely N-dealkylation sites (N-methyl/N-ethyl adjacent to an activating group) is 2. The van der Waals surface area contributed by atoms with Gasteiger partial charge in [-0.15, -0.1) is 0 Å². The Kier molecular flexibility index (Phi) is 20.4. The van der Waals surface area contributed by atoms with Crippen LogP contribution in [0.5, 0.6) is 11.5 Å². The normalized spacial score (nSPS) is 24.6. The lowest BCUT2D eigenvalue weighted by Gasteiger charge is -2.35. The molecule has 16 nitrogen and oxygen atoms in total. The topological polar surface area (TPSA) is 206 Å². The number of carbonyl (C=O) groups excluding carboxylic acids is 6. The van der Waals surface area contributed by atoms with Crippen molar-refractivity contribution in [3.63, 3.8) is 0 Å². The van der Waals surface area contributed by atoms with Crippen LogP contribution in [0.15, 0.2) is 36.4 Å². The summed E-state index contributed by atoms with van der Waals surface area (Å²) in [6.07, 6.45) is 18.8. The third-order valence-corrected chi connectivity index (χ3v) is 17.6. The van der Waals surface area contributed by atoms with E-state index in [4.69, 9.17) is 14.2 Å². The third kappa shape index (κ3) is 14.3. The van der Waals surface area contributed by atoms with E-state index in [2.05, 4.69) is 44.0 Å². The largest absolute Gasteiger partial charge is 0.491 e. The first-order chi connectivity index (χ1) is 36.4. The summed E-state index contributed by atoms with van der Waals surface area (Å²) >= 11 is 0. The standard InChI is InChI=1S/C59H87N7O9/c1-37(60-3)55(68)64-52(41-15-7-5-8-16-41)54(67)45-21-13-22-46(45)57(70)62-49-23-11-19-39-26-28-43(35-47(39)49)74-33-31-73-32-34-75-44-29-27-40-20-12-24-50(48(40)36-44)63-58(71)51-25-14-30-66(51)59(72)53(42-17-9-6-10-18-42)65-56(69)38(2)61-4/h26-29,35-38,41-42,45-46,49-53,60-61H,5-25,30-34H2,1-4H3,(H,62,70)(H,63,71)(H,64,68)(H,65,69)/t37-,38-,45?,46+,49+,50+,51-,52-,53?/m0/s1. The van der Waals surface area contributed by atoms with Crippen LogP contribution in [0, 0.1) is 23.7 Å². The molecule has 3 saturated carbocycles. The van der Waals surface area contributed by atoms with Crippen molar-refractivity contribution in [2.75, 3.05) is 47.1 Å². The fourth-order valence-corrected chi connectivity index (χ4v) is 13.0. The van der Waals surface area contributed by atoms with Crippen LogP contribution in [0.4, 0.5) is 0 Å². The molecule has 0 aromatic heterocycles. The lowest BCUT2D eigenvalue weighted by Crippen LogP contribution is -2.58. The van der Waals surface area contributed by atoms with Gasteiger partial charge in [-0.05, 0) is 176 Å². The number of carbonyl (C=O) groups is 6. The van der Waals surface area contributed by atoms with Crippen LogP contribution in [0.2, 0.25) is 0 Å². The smallest absolute Gasteiger partial charge is 0.246 e. The van der Waals surface area contributed by atoms with Crippen molar-refractivity contribution in [1.82, 2.24) is 36.8 Å². The number of aryl methyl sites for hydroxylation is 2. The van der Waals surface area contributed by atoms with E-state index in [9.17, 15) is 28.8 Å². The third-order valence-electron chi connectivity index (χ3n) is 17.6. The van der Waals surface area contributed by atoms with Gasteiger partial charge in [-0.25, -0.2) is 0 Å². The minimum absolute atomic E-state index is 0.0194. The number of likely N-dealkylation sites (tertiary alicyclic amines) is 1. The lowest BCUT2D eigenvalue weighted by molar-refractivity contribution is -0.143. The molecule has 75 heavy (non-hydrogen) atoms. The van der Waals surface area contributed by atoms with Crippen molar-refractivity contribution in [2.24, 2.45) is 23.7 Å². The Morgan fingerprint density at radius 3 is 1.60 bits per heavy atom. The fourth-order valence-electron chi connectivity index (χ4n) is 13.0. The van der Waals surface area contributed by atoms with E-state index in [0.29, 0.717) is 63.7 Å². The molecule has 5 amide bonds. The molecule has 1 heterocycles. The van der Waals surface area contributed by atoms with Crippen molar-refractivity contribution >= 4 is 35.3 Å². The van der Waals surface area contributed by atoms with Crippen LogP contribution in [0.1, 0.15) is 170 Å². The molecule has 5 aliphatic carbocycles. The van der Waals surface area contributed by atoms with Gasteiger partial charge in [-0.1, -0.05) is 57.1 Å². The molecule has 6 N–H and O–H groups in total. The summed E-state index contributed by atoms with van der Waals surface area (Å²) in [6, 6.07) is 9.16. The number of hydrogen-bond acceptors (Lipinski definition) is 11. The summed E-state index contributed by atoms with van der Waals surface area (Å²) in [6.45, 7) is 5.47. The van der Waals surface area contributed by atoms with Gasteiger partial charge in [-0.3, -0.25) is 28.8 Å². The second kappa shape index (κ2) is 27.3. The molecule has 8 rings (SSSR count). The van der Waals surface area contributed by atoms with Gasteiger partial charge in [0, 0.05) is 18.4 Å². The van der Waals surface area contributed by atoms with Crippen molar-refractivity contribution in [3.8, 4) is 11.5 Å². The Bertz CT molecular complexity index is 2130. The Hall–Kier alpha value is -5.06. The van der Waals surface area contributed by atoms with E-state index in [1.54, 1.807) is 32.8 Å². The average molecular weight is 1040 g/mol. The molecule has 2 unspecified atom stereocenters. The van der Waals surface area contributed by atoms with Crippen molar-refractivity contribution in [2.45, 2.75) is 191 Å². The second-order valence-electron chi connectivity index (χ2n) is 22.5. The number of ether oxygens (including phenoxy) is 3. The van der Waals surface area contributed by atoms with Crippen molar-refractivity contribution in [3.05, 3.63) is 58.7 Å². The van der Waals surface area contributed by atoms with Gasteiger partial charge in [0.2, 0.25) is 29.5 Å². The number of benzene rings is 2. The summed E-state index contributed by atoms with van der Waals surface area (Å²) in [4.78, 5) is 84.7. The molecule has 2 aromatic rings. The number of nitrogens with one attached hydrogen (secondary N) is 6. The average Bonchev–Trinajstić information content (AvgIpc) is 4.15. The molecule has 4 fully saturated rings. The molecule has 2 aromatic carbocycles. The molecule has 16 heteroatoms. The van der Waals surface area contributed by atoms with Crippen LogP contribution < -0.4 is 41.4 Å². The van der Waals surface area contributed by atoms with Crippen molar-refractivity contribution < 1.29 is 43.0 Å². The minimum atomic E-state index is -0.642. The van der Waals surface area contributed by atoms with Gasteiger partial charge < -0.3 is 51.0 Å². The Balaban J connectivity index is 0.795. The molecule has 0 radical (unpaired) electrons. The highest BCUT2D eigenvalue weighted by Crippen LogP contribution is 2.39. The van der Waals surface area contributed by atoms with Gasteiger partial charge >= 0.3 is 0 Å².